The minimum atomic E-state index is -0.236. The Kier molecular flexibility index (Phi) is 2.65. The summed E-state index contributed by atoms with van der Waals surface area (Å²) in [6, 6.07) is 0.0397. The highest BCUT2D eigenvalue weighted by Gasteiger charge is 2.15. The van der Waals surface area contributed by atoms with Gasteiger partial charge in [0.2, 0.25) is 0 Å². The molecule has 0 saturated carbocycles. The van der Waals surface area contributed by atoms with Crippen molar-refractivity contribution in [2.24, 2.45) is 5.73 Å². The van der Waals surface area contributed by atoms with Crippen LogP contribution in [0, 0.1) is 0 Å². The maximum absolute atomic E-state index is 11.0. The van der Waals surface area contributed by atoms with Crippen LogP contribution in [-0.4, -0.2) is 19.1 Å². The minimum Gasteiger partial charge on any atom is -0.466 e. The van der Waals surface area contributed by atoms with E-state index in [4.69, 9.17) is 5.73 Å². The van der Waals surface area contributed by atoms with E-state index < -0.39 is 0 Å². The topological polar surface area (TPSA) is 52.3 Å². The molecule has 0 aromatic heterocycles. The van der Waals surface area contributed by atoms with Crippen molar-refractivity contribution >= 4 is 5.97 Å². The molecule has 3 heteroatoms. The Morgan fingerprint density at radius 3 is 3.09 bits per heavy atom. The Morgan fingerprint density at radius 1 is 1.82 bits per heavy atom. The van der Waals surface area contributed by atoms with Gasteiger partial charge in [-0.2, -0.15) is 0 Å². The monoisotopic (exact) mass is 155 g/mol. The van der Waals surface area contributed by atoms with Gasteiger partial charge in [-0.3, -0.25) is 0 Å². The van der Waals surface area contributed by atoms with Gasteiger partial charge in [0, 0.05) is 11.6 Å². The molecule has 0 fully saturated rings. The first-order valence-electron chi connectivity index (χ1n) is 3.78. The van der Waals surface area contributed by atoms with Crippen molar-refractivity contribution in [2.75, 3.05) is 7.11 Å². The lowest BCUT2D eigenvalue weighted by Gasteiger charge is -2.15. The standard InChI is InChI=1S/C8H13NO2/c1-11-8(10)6-3-2-4-7(9)5-6/h5,7H,2-4,9H2,1H3/t7-/m1/s1. The lowest BCUT2D eigenvalue weighted by Crippen LogP contribution is -2.23. The summed E-state index contributed by atoms with van der Waals surface area (Å²) in [4.78, 5) is 11.0. The number of esters is 1. The molecule has 0 spiro atoms. The first-order chi connectivity index (χ1) is 5.24. The van der Waals surface area contributed by atoms with E-state index in [1.165, 1.54) is 7.11 Å². The molecule has 1 aliphatic rings. The van der Waals surface area contributed by atoms with E-state index in [2.05, 4.69) is 4.74 Å². The van der Waals surface area contributed by atoms with E-state index in [9.17, 15) is 4.79 Å². The molecule has 11 heavy (non-hydrogen) atoms. The number of rotatable bonds is 1. The van der Waals surface area contributed by atoms with Crippen LogP contribution in [0.4, 0.5) is 0 Å². The van der Waals surface area contributed by atoms with E-state index >= 15 is 0 Å². The molecule has 3 nitrogen and oxygen atoms in total. The summed E-state index contributed by atoms with van der Waals surface area (Å²) in [5.41, 5.74) is 6.36. The van der Waals surface area contributed by atoms with Gasteiger partial charge in [0.1, 0.15) is 0 Å². The summed E-state index contributed by atoms with van der Waals surface area (Å²) in [6.07, 6.45) is 4.57. The molecule has 2 N–H and O–H groups in total. The smallest absolute Gasteiger partial charge is 0.333 e. The van der Waals surface area contributed by atoms with Crippen molar-refractivity contribution in [2.45, 2.75) is 25.3 Å². The van der Waals surface area contributed by atoms with Crippen molar-refractivity contribution in [3.63, 3.8) is 0 Å². The Balaban J connectivity index is 2.63. The molecule has 0 saturated heterocycles. The fourth-order valence-corrected chi connectivity index (χ4v) is 1.25. The molecule has 0 bridgehead atoms. The lowest BCUT2D eigenvalue weighted by atomic mass is 9.96. The highest BCUT2D eigenvalue weighted by molar-refractivity contribution is 5.88. The summed E-state index contributed by atoms with van der Waals surface area (Å²) < 4.78 is 4.58. The van der Waals surface area contributed by atoms with E-state index in [0.29, 0.717) is 0 Å². The molecule has 0 aliphatic heterocycles. The Bertz CT molecular complexity index is 187. The number of nitrogens with two attached hydrogens (primary N) is 1. The van der Waals surface area contributed by atoms with Crippen LogP contribution in [0.15, 0.2) is 11.6 Å². The van der Waals surface area contributed by atoms with Gasteiger partial charge in [-0.05, 0) is 19.3 Å². The second-order valence-electron chi connectivity index (χ2n) is 2.74. The van der Waals surface area contributed by atoms with E-state index in [-0.39, 0.29) is 12.0 Å². The van der Waals surface area contributed by atoms with Gasteiger partial charge in [0.15, 0.2) is 0 Å². The van der Waals surface area contributed by atoms with Crippen LogP contribution in [0.1, 0.15) is 19.3 Å². The predicted octanol–water partition coefficient (Wildman–Crippen LogP) is 0.597. The Hall–Kier alpha value is -0.830. The van der Waals surface area contributed by atoms with Crippen LogP contribution in [-0.2, 0) is 9.53 Å². The third kappa shape index (κ3) is 2.05. The zero-order valence-electron chi connectivity index (χ0n) is 6.67. The van der Waals surface area contributed by atoms with Gasteiger partial charge in [-0.15, -0.1) is 0 Å². The Morgan fingerprint density at radius 2 is 2.55 bits per heavy atom. The van der Waals surface area contributed by atoms with Crippen LogP contribution in [0.3, 0.4) is 0 Å². The van der Waals surface area contributed by atoms with Gasteiger partial charge in [-0.1, -0.05) is 6.08 Å². The molecule has 0 unspecified atom stereocenters. The fourth-order valence-electron chi connectivity index (χ4n) is 1.25. The number of hydrogen-bond acceptors (Lipinski definition) is 3. The van der Waals surface area contributed by atoms with Gasteiger partial charge in [0.25, 0.3) is 0 Å². The van der Waals surface area contributed by atoms with Crippen LogP contribution in [0.2, 0.25) is 0 Å². The van der Waals surface area contributed by atoms with E-state index in [1.54, 1.807) is 6.08 Å². The van der Waals surface area contributed by atoms with Crippen LogP contribution >= 0.6 is 0 Å². The van der Waals surface area contributed by atoms with Crippen molar-refractivity contribution in [1.82, 2.24) is 0 Å². The van der Waals surface area contributed by atoms with Crippen LogP contribution in [0.5, 0.6) is 0 Å². The largest absolute Gasteiger partial charge is 0.466 e. The maximum atomic E-state index is 11.0. The molecule has 0 amide bonds. The normalized spacial score (nSPS) is 24.2. The number of methoxy groups -OCH3 is 1. The van der Waals surface area contributed by atoms with Crippen LogP contribution < -0.4 is 5.73 Å². The number of ether oxygens (including phenoxy) is 1. The van der Waals surface area contributed by atoms with Crippen molar-refractivity contribution in [1.29, 1.82) is 0 Å². The maximum Gasteiger partial charge on any atom is 0.333 e. The number of carbonyl (C=O) groups excluding carboxylic acids is 1. The SMILES string of the molecule is COC(=O)C1=C[C@H](N)CCC1. The molecule has 0 aromatic carbocycles. The van der Waals surface area contributed by atoms with Crippen molar-refractivity contribution in [3.8, 4) is 0 Å². The predicted molar refractivity (Wildman–Crippen MR) is 41.9 cm³/mol. The number of hydrogen-bond donors (Lipinski definition) is 1. The lowest BCUT2D eigenvalue weighted by molar-refractivity contribution is -0.136. The summed E-state index contributed by atoms with van der Waals surface area (Å²) in [6.45, 7) is 0. The molecule has 62 valence electrons. The van der Waals surface area contributed by atoms with E-state index in [0.717, 1.165) is 24.8 Å². The number of carbonyl (C=O) groups is 1. The summed E-state index contributed by atoms with van der Waals surface area (Å²) >= 11 is 0. The highest BCUT2D eigenvalue weighted by atomic mass is 16.5. The first kappa shape index (κ1) is 8.27. The van der Waals surface area contributed by atoms with Gasteiger partial charge < -0.3 is 10.5 Å². The second kappa shape index (κ2) is 3.53. The summed E-state index contributed by atoms with van der Waals surface area (Å²) in [5.74, 6) is -0.236. The highest BCUT2D eigenvalue weighted by Crippen LogP contribution is 2.17. The zero-order chi connectivity index (χ0) is 8.27. The fraction of sp³-hybridized carbons (Fsp3) is 0.625. The molecular weight excluding hydrogens is 142 g/mol. The van der Waals surface area contributed by atoms with Crippen LogP contribution in [0.25, 0.3) is 0 Å². The molecule has 0 heterocycles. The Labute approximate surface area is 66.2 Å². The molecular formula is C8H13NO2. The summed E-state index contributed by atoms with van der Waals surface area (Å²) in [7, 11) is 1.39. The van der Waals surface area contributed by atoms with Gasteiger partial charge in [-0.25, -0.2) is 4.79 Å². The van der Waals surface area contributed by atoms with Crippen molar-refractivity contribution in [3.05, 3.63) is 11.6 Å². The molecule has 1 atom stereocenters. The average molecular weight is 155 g/mol. The van der Waals surface area contributed by atoms with Gasteiger partial charge >= 0.3 is 5.97 Å². The molecule has 0 radical (unpaired) electrons. The first-order valence-corrected chi connectivity index (χ1v) is 3.78. The second-order valence-corrected chi connectivity index (χ2v) is 2.74. The molecule has 0 aromatic rings. The van der Waals surface area contributed by atoms with E-state index in [1.807, 2.05) is 0 Å². The summed E-state index contributed by atoms with van der Waals surface area (Å²) in [5, 5.41) is 0. The van der Waals surface area contributed by atoms with Gasteiger partial charge in [0.05, 0.1) is 7.11 Å². The minimum absolute atomic E-state index is 0.0397. The average Bonchev–Trinajstić information content (AvgIpc) is 2.03. The molecule has 1 aliphatic carbocycles. The third-order valence-electron chi connectivity index (χ3n) is 1.85. The van der Waals surface area contributed by atoms with Crippen molar-refractivity contribution < 1.29 is 9.53 Å². The third-order valence-corrected chi connectivity index (χ3v) is 1.85. The zero-order valence-corrected chi connectivity index (χ0v) is 6.67. The quantitative estimate of drug-likeness (QED) is 0.564. The molecule has 1 rings (SSSR count).